The van der Waals surface area contributed by atoms with Crippen molar-refractivity contribution in [1.82, 2.24) is 4.90 Å². The lowest BCUT2D eigenvalue weighted by Crippen LogP contribution is -2.50. The highest BCUT2D eigenvalue weighted by atomic mass is 32.2. The van der Waals surface area contributed by atoms with Crippen LogP contribution in [0, 0.1) is 5.92 Å². The molecular formula is C13H21NO5S. The van der Waals surface area contributed by atoms with Crippen molar-refractivity contribution in [1.29, 1.82) is 0 Å². The zero-order chi connectivity index (χ0) is 14.8. The molecule has 0 aliphatic carbocycles. The van der Waals surface area contributed by atoms with Crippen molar-refractivity contribution < 1.29 is 22.7 Å². The molecule has 0 spiro atoms. The van der Waals surface area contributed by atoms with Gasteiger partial charge in [-0.15, -0.1) is 0 Å². The maximum absolute atomic E-state index is 12.4. The third-order valence-electron chi connectivity index (χ3n) is 4.12. The van der Waals surface area contributed by atoms with E-state index in [-0.39, 0.29) is 30.1 Å². The van der Waals surface area contributed by atoms with Crippen LogP contribution in [0.1, 0.15) is 32.1 Å². The molecule has 0 saturated carbocycles. The van der Waals surface area contributed by atoms with Gasteiger partial charge in [-0.25, -0.2) is 8.42 Å². The normalized spacial score (nSPS) is 29.8. The molecule has 0 radical (unpaired) electrons. The second kappa shape index (κ2) is 6.11. The van der Waals surface area contributed by atoms with Gasteiger partial charge in [0.05, 0.1) is 18.8 Å². The predicted octanol–water partition coefficient (Wildman–Crippen LogP) is 0.365. The van der Waals surface area contributed by atoms with E-state index in [1.165, 1.54) is 12.0 Å². The third kappa shape index (κ3) is 3.13. The van der Waals surface area contributed by atoms with Crippen LogP contribution in [-0.4, -0.2) is 56.4 Å². The number of hydrogen-bond acceptors (Lipinski definition) is 5. The minimum atomic E-state index is -3.32. The quantitative estimate of drug-likeness (QED) is 0.688. The van der Waals surface area contributed by atoms with Crippen LogP contribution < -0.4 is 0 Å². The van der Waals surface area contributed by atoms with Gasteiger partial charge in [-0.2, -0.15) is 0 Å². The van der Waals surface area contributed by atoms with Gasteiger partial charge in [0.1, 0.15) is 5.25 Å². The Kier molecular flexibility index (Phi) is 4.67. The molecule has 2 rings (SSSR count). The number of carbonyl (C=O) groups excluding carboxylic acids is 2. The minimum Gasteiger partial charge on any atom is -0.469 e. The number of nitrogens with zero attached hydrogens (tertiary/aromatic N) is 1. The van der Waals surface area contributed by atoms with Crippen molar-refractivity contribution in [2.75, 3.05) is 26.0 Å². The molecule has 0 aromatic rings. The summed E-state index contributed by atoms with van der Waals surface area (Å²) in [5.74, 6) is -0.895. The van der Waals surface area contributed by atoms with Crippen molar-refractivity contribution in [2.24, 2.45) is 5.92 Å². The summed E-state index contributed by atoms with van der Waals surface area (Å²) in [5, 5.41) is -0.910. The molecule has 2 aliphatic rings. The second-order valence-electron chi connectivity index (χ2n) is 5.50. The van der Waals surface area contributed by atoms with E-state index in [2.05, 4.69) is 0 Å². The fourth-order valence-corrected chi connectivity index (χ4v) is 4.84. The van der Waals surface area contributed by atoms with Gasteiger partial charge in [-0.1, -0.05) is 6.42 Å². The Hall–Kier alpha value is -1.11. The van der Waals surface area contributed by atoms with Crippen LogP contribution >= 0.6 is 0 Å². The molecule has 2 atom stereocenters. The van der Waals surface area contributed by atoms with E-state index in [0.717, 1.165) is 6.42 Å². The molecule has 0 aromatic heterocycles. The molecular weight excluding hydrogens is 282 g/mol. The van der Waals surface area contributed by atoms with E-state index < -0.39 is 15.1 Å². The van der Waals surface area contributed by atoms with Gasteiger partial charge in [0, 0.05) is 13.1 Å². The summed E-state index contributed by atoms with van der Waals surface area (Å²) < 4.78 is 28.7. The maximum atomic E-state index is 12.4. The Morgan fingerprint density at radius 1 is 1.15 bits per heavy atom. The average Bonchev–Trinajstić information content (AvgIpc) is 2.45. The lowest BCUT2D eigenvalue weighted by atomic mass is 9.97. The van der Waals surface area contributed by atoms with Gasteiger partial charge in [-0.05, 0) is 25.7 Å². The molecule has 2 aliphatic heterocycles. The molecule has 6 nitrogen and oxygen atoms in total. The molecule has 20 heavy (non-hydrogen) atoms. The molecule has 0 N–H and O–H groups in total. The number of hydrogen-bond donors (Lipinski definition) is 0. The molecule has 114 valence electrons. The number of methoxy groups -OCH3 is 1. The molecule has 1 unspecified atom stereocenters. The van der Waals surface area contributed by atoms with E-state index in [9.17, 15) is 18.0 Å². The van der Waals surface area contributed by atoms with E-state index in [0.29, 0.717) is 32.2 Å². The highest BCUT2D eigenvalue weighted by molar-refractivity contribution is 7.92. The first-order valence-electron chi connectivity index (χ1n) is 7.04. The molecule has 2 fully saturated rings. The van der Waals surface area contributed by atoms with Crippen LogP contribution in [-0.2, 0) is 24.2 Å². The Balaban J connectivity index is 2.06. The van der Waals surface area contributed by atoms with Crippen LogP contribution in [0.3, 0.4) is 0 Å². The van der Waals surface area contributed by atoms with E-state index >= 15 is 0 Å². The van der Waals surface area contributed by atoms with E-state index in [1.807, 2.05) is 0 Å². The lowest BCUT2D eigenvalue weighted by molar-refractivity contribution is -0.148. The average molecular weight is 303 g/mol. The standard InChI is InChI=1S/C13H21NO5S/c1-19-13(16)10-5-4-7-14(9-10)12(15)11-6-2-3-8-20(11,17)18/h10-11H,2-9H2,1H3/t10-,11?/m0/s1. The summed E-state index contributed by atoms with van der Waals surface area (Å²) >= 11 is 0. The summed E-state index contributed by atoms with van der Waals surface area (Å²) in [4.78, 5) is 25.5. The minimum absolute atomic E-state index is 0.0949. The second-order valence-corrected chi connectivity index (χ2v) is 7.80. The van der Waals surface area contributed by atoms with Gasteiger partial charge >= 0.3 is 5.97 Å². The summed E-state index contributed by atoms with van der Waals surface area (Å²) in [5.41, 5.74) is 0. The van der Waals surface area contributed by atoms with Crippen molar-refractivity contribution in [2.45, 2.75) is 37.4 Å². The Labute approximate surface area is 119 Å². The summed E-state index contributed by atoms with van der Waals surface area (Å²) in [6.07, 6.45) is 3.20. The van der Waals surface area contributed by atoms with Gasteiger partial charge in [-0.3, -0.25) is 9.59 Å². The lowest BCUT2D eigenvalue weighted by Gasteiger charge is -2.34. The van der Waals surface area contributed by atoms with Crippen molar-refractivity contribution in [3.63, 3.8) is 0 Å². The highest BCUT2D eigenvalue weighted by Gasteiger charge is 2.39. The molecule has 0 aromatic carbocycles. The molecule has 2 heterocycles. The molecule has 2 saturated heterocycles. The van der Waals surface area contributed by atoms with Gasteiger partial charge in [0.2, 0.25) is 5.91 Å². The van der Waals surface area contributed by atoms with Crippen molar-refractivity contribution in [3.8, 4) is 0 Å². The van der Waals surface area contributed by atoms with E-state index in [1.54, 1.807) is 0 Å². The zero-order valence-corrected chi connectivity index (χ0v) is 12.5. The monoisotopic (exact) mass is 303 g/mol. The SMILES string of the molecule is COC(=O)[C@H]1CCCN(C(=O)C2CCCCS2(=O)=O)C1. The predicted molar refractivity (Wildman–Crippen MR) is 72.7 cm³/mol. The first kappa shape index (κ1) is 15.3. The smallest absolute Gasteiger partial charge is 0.310 e. The van der Waals surface area contributed by atoms with Crippen LogP contribution in [0.4, 0.5) is 0 Å². The highest BCUT2D eigenvalue weighted by Crippen LogP contribution is 2.24. The number of sulfone groups is 1. The third-order valence-corrected chi connectivity index (χ3v) is 6.28. The van der Waals surface area contributed by atoms with Crippen LogP contribution in [0.15, 0.2) is 0 Å². The van der Waals surface area contributed by atoms with Gasteiger partial charge < -0.3 is 9.64 Å². The van der Waals surface area contributed by atoms with E-state index in [4.69, 9.17) is 4.74 Å². The largest absolute Gasteiger partial charge is 0.469 e. The maximum Gasteiger partial charge on any atom is 0.310 e. The number of amides is 1. The number of likely N-dealkylation sites (tertiary alicyclic amines) is 1. The summed E-state index contributed by atoms with van der Waals surface area (Å²) in [6.45, 7) is 0.801. The Morgan fingerprint density at radius 2 is 1.90 bits per heavy atom. The van der Waals surface area contributed by atoms with Gasteiger partial charge in [0.15, 0.2) is 9.84 Å². The number of rotatable bonds is 2. The molecule has 1 amide bonds. The van der Waals surface area contributed by atoms with Crippen LogP contribution in [0.2, 0.25) is 0 Å². The summed E-state index contributed by atoms with van der Waals surface area (Å²) in [6, 6.07) is 0. The fourth-order valence-electron chi connectivity index (χ4n) is 2.97. The first-order chi connectivity index (χ1) is 9.45. The Morgan fingerprint density at radius 3 is 2.55 bits per heavy atom. The molecule has 7 heteroatoms. The number of piperidine rings is 1. The Bertz CT molecular complexity index is 487. The fraction of sp³-hybridized carbons (Fsp3) is 0.846. The number of esters is 1. The summed E-state index contributed by atoms with van der Waals surface area (Å²) in [7, 11) is -1.99. The van der Waals surface area contributed by atoms with Crippen LogP contribution in [0.5, 0.6) is 0 Å². The number of carbonyl (C=O) groups is 2. The topological polar surface area (TPSA) is 80.8 Å². The number of ether oxygens (including phenoxy) is 1. The first-order valence-corrected chi connectivity index (χ1v) is 8.75. The molecule has 0 bridgehead atoms. The van der Waals surface area contributed by atoms with Crippen LogP contribution in [0.25, 0.3) is 0 Å². The zero-order valence-electron chi connectivity index (χ0n) is 11.7. The van der Waals surface area contributed by atoms with Crippen molar-refractivity contribution in [3.05, 3.63) is 0 Å². The van der Waals surface area contributed by atoms with Crippen molar-refractivity contribution >= 4 is 21.7 Å². The van der Waals surface area contributed by atoms with Gasteiger partial charge in [0.25, 0.3) is 0 Å².